The summed E-state index contributed by atoms with van der Waals surface area (Å²) in [5.41, 5.74) is 0.735. The molecule has 0 fully saturated rings. The maximum absolute atomic E-state index is 11.8. The topological polar surface area (TPSA) is 124 Å². The van der Waals surface area contributed by atoms with Gasteiger partial charge in [0.2, 0.25) is 0 Å². The fraction of sp³-hybridized carbons (Fsp3) is 0.467. The molecule has 7 heteroatoms. The Balaban J connectivity index is 2.51. The molecule has 0 saturated carbocycles. The summed E-state index contributed by atoms with van der Waals surface area (Å²) in [6.07, 6.45) is -7.11. The van der Waals surface area contributed by atoms with Crippen LogP contribution in [0.1, 0.15) is 18.4 Å². The van der Waals surface area contributed by atoms with Crippen molar-refractivity contribution in [2.24, 2.45) is 0 Å². The Labute approximate surface area is 127 Å². The third-order valence-electron chi connectivity index (χ3n) is 3.28. The predicted molar refractivity (Wildman–Crippen MR) is 75.9 cm³/mol. The minimum absolute atomic E-state index is 0.0318. The Morgan fingerprint density at radius 1 is 1.14 bits per heavy atom. The van der Waals surface area contributed by atoms with Gasteiger partial charge in [-0.1, -0.05) is 30.3 Å². The third-order valence-corrected chi connectivity index (χ3v) is 3.28. The number of carbonyl (C=O) groups is 2. The molecule has 0 heterocycles. The molecule has 0 aliphatic carbocycles. The van der Waals surface area contributed by atoms with Gasteiger partial charge < -0.3 is 30.0 Å². The standard InChI is InChI=1S/C15H20O7/c1-9(10-5-3-2-4-6-10)15(21)22-8-12(18)14(20)13(19)11(17)7-16/h2-7,9,11-14,17-20H,8H2,1H3. The fourth-order valence-corrected chi connectivity index (χ4v) is 1.78. The second-order valence-corrected chi connectivity index (χ2v) is 4.94. The van der Waals surface area contributed by atoms with Crippen molar-refractivity contribution in [3.8, 4) is 0 Å². The summed E-state index contributed by atoms with van der Waals surface area (Å²) in [5.74, 6) is -1.17. The van der Waals surface area contributed by atoms with Crippen molar-refractivity contribution in [1.82, 2.24) is 0 Å². The van der Waals surface area contributed by atoms with Crippen molar-refractivity contribution >= 4 is 12.3 Å². The molecule has 0 spiro atoms. The molecule has 0 aromatic heterocycles. The highest BCUT2D eigenvalue weighted by Crippen LogP contribution is 2.16. The van der Waals surface area contributed by atoms with Crippen LogP contribution >= 0.6 is 0 Å². The molecule has 22 heavy (non-hydrogen) atoms. The summed E-state index contributed by atoms with van der Waals surface area (Å²) < 4.78 is 4.87. The van der Waals surface area contributed by atoms with E-state index in [9.17, 15) is 24.9 Å². The van der Waals surface area contributed by atoms with Crippen LogP contribution in [0, 0.1) is 0 Å². The van der Waals surface area contributed by atoms with Crippen LogP contribution in [-0.2, 0) is 14.3 Å². The normalized spacial score (nSPS) is 17.9. The summed E-state index contributed by atoms with van der Waals surface area (Å²) in [4.78, 5) is 22.1. The summed E-state index contributed by atoms with van der Waals surface area (Å²) in [7, 11) is 0. The van der Waals surface area contributed by atoms with Crippen molar-refractivity contribution in [3.63, 3.8) is 0 Å². The van der Waals surface area contributed by atoms with Gasteiger partial charge in [0.05, 0.1) is 5.92 Å². The molecule has 0 aliphatic heterocycles. The Hall–Kier alpha value is -1.80. The van der Waals surface area contributed by atoms with Crippen LogP contribution in [0.3, 0.4) is 0 Å². The van der Waals surface area contributed by atoms with Crippen LogP contribution in [0.15, 0.2) is 30.3 Å². The third kappa shape index (κ3) is 4.88. The molecule has 0 amide bonds. The molecule has 122 valence electrons. The van der Waals surface area contributed by atoms with Crippen LogP contribution in [0.5, 0.6) is 0 Å². The number of aldehydes is 1. The first-order valence-electron chi connectivity index (χ1n) is 6.77. The van der Waals surface area contributed by atoms with E-state index in [1.54, 1.807) is 37.3 Å². The first-order valence-corrected chi connectivity index (χ1v) is 6.77. The highest BCUT2D eigenvalue weighted by Gasteiger charge is 2.31. The Morgan fingerprint density at radius 3 is 2.27 bits per heavy atom. The van der Waals surface area contributed by atoms with Gasteiger partial charge in [0.1, 0.15) is 31.0 Å². The molecule has 5 atom stereocenters. The van der Waals surface area contributed by atoms with E-state index in [0.717, 1.165) is 5.56 Å². The molecule has 4 N–H and O–H groups in total. The van der Waals surface area contributed by atoms with Crippen LogP contribution in [0.4, 0.5) is 0 Å². The second kappa shape index (κ2) is 8.60. The van der Waals surface area contributed by atoms with Crippen molar-refractivity contribution in [2.75, 3.05) is 6.61 Å². The van der Waals surface area contributed by atoms with E-state index < -0.39 is 42.9 Å². The molecule has 7 nitrogen and oxygen atoms in total. The summed E-state index contributed by atoms with van der Waals surface area (Å²) in [5, 5.41) is 37.6. The van der Waals surface area contributed by atoms with Gasteiger partial charge in [-0.3, -0.25) is 4.79 Å². The van der Waals surface area contributed by atoms with Gasteiger partial charge in [-0.2, -0.15) is 0 Å². The minimum Gasteiger partial charge on any atom is -0.462 e. The molecule has 5 unspecified atom stereocenters. The van der Waals surface area contributed by atoms with Crippen LogP contribution in [-0.4, -0.2) is 63.7 Å². The number of hydrogen-bond donors (Lipinski definition) is 4. The molecular weight excluding hydrogens is 292 g/mol. The van der Waals surface area contributed by atoms with Crippen molar-refractivity contribution in [2.45, 2.75) is 37.3 Å². The number of benzene rings is 1. The SMILES string of the molecule is CC(C(=O)OCC(O)C(O)C(O)C(O)C=O)c1ccccc1. The summed E-state index contributed by atoms with van der Waals surface area (Å²) in [6, 6.07) is 8.86. The number of carbonyl (C=O) groups excluding carboxylic acids is 2. The van der Waals surface area contributed by atoms with E-state index in [1.807, 2.05) is 0 Å². The van der Waals surface area contributed by atoms with E-state index in [1.165, 1.54) is 0 Å². The van der Waals surface area contributed by atoms with Gasteiger partial charge in [0.25, 0.3) is 0 Å². The van der Waals surface area contributed by atoms with Crippen LogP contribution in [0.2, 0.25) is 0 Å². The zero-order chi connectivity index (χ0) is 16.7. The van der Waals surface area contributed by atoms with Crippen molar-refractivity contribution in [1.29, 1.82) is 0 Å². The lowest BCUT2D eigenvalue weighted by Crippen LogP contribution is -2.47. The molecule has 1 aromatic carbocycles. The smallest absolute Gasteiger partial charge is 0.313 e. The lowest BCUT2D eigenvalue weighted by atomic mass is 10.0. The number of rotatable bonds is 8. The van der Waals surface area contributed by atoms with Gasteiger partial charge in [-0.25, -0.2) is 0 Å². The highest BCUT2D eigenvalue weighted by atomic mass is 16.5. The average Bonchev–Trinajstić information content (AvgIpc) is 2.57. The van der Waals surface area contributed by atoms with Gasteiger partial charge in [0, 0.05) is 0 Å². The maximum atomic E-state index is 11.8. The summed E-state index contributed by atoms with van der Waals surface area (Å²) in [6.45, 7) is 1.06. The summed E-state index contributed by atoms with van der Waals surface area (Å²) >= 11 is 0. The zero-order valence-electron chi connectivity index (χ0n) is 12.1. The molecule has 0 saturated heterocycles. The lowest BCUT2D eigenvalue weighted by molar-refractivity contribution is -0.157. The number of esters is 1. The molecular formula is C15H20O7. The van der Waals surface area contributed by atoms with Gasteiger partial charge in [-0.05, 0) is 12.5 Å². The Bertz CT molecular complexity index is 476. The largest absolute Gasteiger partial charge is 0.462 e. The molecule has 1 rings (SSSR count). The maximum Gasteiger partial charge on any atom is 0.313 e. The molecule has 0 bridgehead atoms. The van der Waals surface area contributed by atoms with Crippen molar-refractivity contribution < 1.29 is 34.8 Å². The number of hydrogen-bond acceptors (Lipinski definition) is 7. The van der Waals surface area contributed by atoms with E-state index in [2.05, 4.69) is 0 Å². The van der Waals surface area contributed by atoms with Crippen LogP contribution in [0.25, 0.3) is 0 Å². The lowest BCUT2D eigenvalue weighted by Gasteiger charge is -2.24. The van der Waals surface area contributed by atoms with E-state index in [-0.39, 0.29) is 6.29 Å². The first kappa shape index (κ1) is 18.2. The predicted octanol–water partition coefficient (Wildman–Crippen LogP) is -1.02. The zero-order valence-corrected chi connectivity index (χ0v) is 12.1. The van der Waals surface area contributed by atoms with Crippen molar-refractivity contribution in [3.05, 3.63) is 35.9 Å². The van der Waals surface area contributed by atoms with Crippen LogP contribution < -0.4 is 0 Å². The Kier molecular flexibility index (Phi) is 7.13. The van der Waals surface area contributed by atoms with Gasteiger partial charge in [-0.15, -0.1) is 0 Å². The second-order valence-electron chi connectivity index (χ2n) is 4.94. The van der Waals surface area contributed by atoms with E-state index in [4.69, 9.17) is 9.84 Å². The highest BCUT2D eigenvalue weighted by molar-refractivity contribution is 5.77. The minimum atomic E-state index is -1.86. The fourth-order valence-electron chi connectivity index (χ4n) is 1.78. The first-order chi connectivity index (χ1) is 10.4. The molecule has 0 aliphatic rings. The quantitative estimate of drug-likeness (QED) is 0.357. The van der Waals surface area contributed by atoms with Gasteiger partial charge in [0.15, 0.2) is 6.29 Å². The molecule has 0 radical (unpaired) electrons. The number of ether oxygens (including phenoxy) is 1. The van der Waals surface area contributed by atoms with E-state index in [0.29, 0.717) is 0 Å². The number of aliphatic hydroxyl groups is 4. The average molecular weight is 312 g/mol. The monoisotopic (exact) mass is 312 g/mol. The number of aliphatic hydroxyl groups excluding tert-OH is 4. The Morgan fingerprint density at radius 2 is 1.73 bits per heavy atom. The molecule has 1 aromatic rings. The van der Waals surface area contributed by atoms with Gasteiger partial charge >= 0.3 is 5.97 Å². The van der Waals surface area contributed by atoms with E-state index >= 15 is 0 Å².